The maximum absolute atomic E-state index is 7.50. The van der Waals surface area contributed by atoms with Gasteiger partial charge in [-0.25, -0.2) is 0 Å². The standard InChI is InChI=1S/C12H24O6.C2H7NS.CO.2Fe.4NO/c1-2-14-5-6-16-9-10-18-12-11-17-8-7-15-4-3-13-1;3-1-2-4;1-2;;;4*1-2/h1-12H2;4H,1-3H2;;;;;;;. The number of rotatable bonds is 1. The first-order chi connectivity index (χ1) is 15.9. The third kappa shape index (κ3) is 85.9. The van der Waals surface area contributed by atoms with E-state index in [9.17, 15) is 0 Å². The third-order valence-electron chi connectivity index (χ3n) is 2.38. The van der Waals surface area contributed by atoms with Gasteiger partial charge in [0.05, 0.1) is 85.8 Å². The number of quaternary nitrogens is 1. The molecular formula is C15H31Fe2N5O11S. The Balaban J connectivity index is -0.0000000599. The third-order valence-corrected chi connectivity index (χ3v) is 2.67. The molecule has 4 radical (unpaired) electrons. The second-order valence-corrected chi connectivity index (χ2v) is 4.64. The summed E-state index contributed by atoms with van der Waals surface area (Å²) < 4.78 is 39.5. The maximum Gasteiger partial charge on any atom is 0.120 e. The topological polar surface area (TPSA) is 260 Å². The molecule has 204 valence electrons. The first kappa shape index (κ1) is 54.2. The smallest absolute Gasteiger partial charge is 0.120 e. The molecule has 1 rings (SSSR count). The molecule has 0 unspecified atom stereocenters. The molecule has 1 fully saturated rings. The molecule has 1 heterocycles. The molecule has 0 atom stereocenters. The summed E-state index contributed by atoms with van der Waals surface area (Å²) in [5.41, 5.74) is 26.5. The van der Waals surface area contributed by atoms with Crippen molar-refractivity contribution in [1.29, 1.82) is 0 Å². The van der Waals surface area contributed by atoms with Crippen LogP contribution in [0, 0.1) is 26.3 Å². The van der Waals surface area contributed by atoms with E-state index in [2.05, 4.69) is 25.0 Å². The van der Waals surface area contributed by atoms with Gasteiger partial charge in [-0.05, 0) is 0 Å². The predicted molar refractivity (Wildman–Crippen MR) is 111 cm³/mol. The van der Waals surface area contributed by atoms with E-state index >= 15 is 0 Å². The maximum atomic E-state index is 7.50. The number of hydrogen-bond donors (Lipinski definition) is 1. The van der Waals surface area contributed by atoms with Crippen LogP contribution in [0.15, 0.2) is 0 Å². The van der Waals surface area contributed by atoms with Crippen LogP contribution in [0.1, 0.15) is 0 Å². The fourth-order valence-electron chi connectivity index (χ4n) is 1.32. The largest absolute Gasteiger partial charge is 0.787 e. The molecule has 19 heteroatoms. The van der Waals surface area contributed by atoms with Crippen LogP contribution in [0.25, 0.3) is 0 Å². The number of nitrogens with zero attached hydrogens (tertiary/aromatic N) is 4. The zero-order valence-corrected chi connectivity index (χ0v) is 21.5. The minimum Gasteiger partial charge on any atom is -0.787 e. The minimum absolute atomic E-state index is 0. The molecule has 0 bridgehead atoms. The molecule has 0 aromatic carbocycles. The summed E-state index contributed by atoms with van der Waals surface area (Å²) in [7, 11) is 0. The summed E-state index contributed by atoms with van der Waals surface area (Å²) in [5.74, 6) is 0.792. The van der Waals surface area contributed by atoms with Gasteiger partial charge in [0.25, 0.3) is 0 Å². The fraction of sp³-hybridized carbons (Fsp3) is 0.933. The number of hydrogen-bond acceptors (Lipinski definition) is 11. The Morgan fingerprint density at radius 1 is 0.529 bits per heavy atom. The van der Waals surface area contributed by atoms with Crippen molar-refractivity contribution < 1.29 is 72.9 Å². The summed E-state index contributed by atoms with van der Waals surface area (Å²) >= 11 is 4.49. The van der Waals surface area contributed by atoms with E-state index in [1.54, 1.807) is 0 Å². The van der Waals surface area contributed by atoms with Gasteiger partial charge in [0, 0.05) is 34.1 Å². The van der Waals surface area contributed by atoms with Gasteiger partial charge < -0.3 is 46.8 Å². The van der Waals surface area contributed by atoms with Gasteiger partial charge in [0.1, 0.15) is 22.4 Å². The van der Waals surface area contributed by atoms with E-state index in [4.69, 9.17) is 75.1 Å². The predicted octanol–water partition coefficient (Wildman–Crippen LogP) is -2.96. The van der Waals surface area contributed by atoms with Crippen molar-refractivity contribution in [2.75, 3.05) is 91.6 Å². The Hall–Kier alpha value is -0.751. The van der Waals surface area contributed by atoms with E-state index < -0.39 is 0 Å². The molecule has 34 heavy (non-hydrogen) atoms. The summed E-state index contributed by atoms with van der Waals surface area (Å²) in [6.45, 7) is 12.4. The van der Waals surface area contributed by atoms with Crippen molar-refractivity contribution >= 4 is 12.6 Å². The van der Waals surface area contributed by atoms with Crippen LogP contribution in [0.2, 0.25) is 0 Å². The van der Waals surface area contributed by atoms with E-state index in [-0.39, 0.29) is 34.1 Å². The Bertz CT molecular complexity index is 230. The van der Waals surface area contributed by atoms with Crippen molar-refractivity contribution in [3.8, 4) is 0 Å². The summed E-state index contributed by atoms with van der Waals surface area (Å²) in [6, 6.07) is 0. The first-order valence-corrected chi connectivity index (χ1v) is 9.26. The molecule has 3 N–H and O–H groups in total. The van der Waals surface area contributed by atoms with Crippen LogP contribution in [0.3, 0.4) is 0 Å². The zero-order chi connectivity index (χ0) is 26.1. The SMILES string of the molecule is C1COCCOCCOCCOCCOCCO1.[C-]#[O+].[Fe].[Fe].[NH3+]CC[S-].[N]=O.[N]=O.[N]=O.[N]=O. The molecule has 1 aliphatic heterocycles. The van der Waals surface area contributed by atoms with Gasteiger partial charge in [-0.3, -0.25) is 0 Å². The van der Waals surface area contributed by atoms with Crippen molar-refractivity contribution in [3.63, 3.8) is 0 Å². The van der Waals surface area contributed by atoms with Crippen LogP contribution in [-0.2, 0) is 79.8 Å². The van der Waals surface area contributed by atoms with Crippen molar-refractivity contribution in [2.24, 2.45) is 0 Å². The Morgan fingerprint density at radius 2 is 0.618 bits per heavy atom. The average molecular weight is 601 g/mol. The van der Waals surface area contributed by atoms with Gasteiger partial charge >= 0.3 is 11.3 Å². The molecular weight excluding hydrogens is 570 g/mol. The normalized spacial score (nSPS) is 14.1. The first-order valence-electron chi connectivity index (χ1n) is 8.69. The minimum atomic E-state index is 0. The molecule has 0 spiro atoms. The van der Waals surface area contributed by atoms with E-state index in [0.717, 1.165) is 12.3 Å². The van der Waals surface area contributed by atoms with Gasteiger partial charge in [0.2, 0.25) is 0 Å². The summed E-state index contributed by atoms with van der Waals surface area (Å²) in [5, 5.41) is 0. The van der Waals surface area contributed by atoms with Crippen molar-refractivity contribution in [1.82, 2.24) is 22.4 Å². The zero-order valence-electron chi connectivity index (χ0n) is 18.5. The second kappa shape index (κ2) is 85.0. The van der Waals surface area contributed by atoms with Gasteiger partial charge in [-0.15, -0.1) is 25.4 Å². The van der Waals surface area contributed by atoms with Crippen LogP contribution >= 0.6 is 0 Å². The number of ether oxygens (including phenoxy) is 6. The van der Waals surface area contributed by atoms with Gasteiger partial charge in [-0.1, -0.05) is 0 Å². The van der Waals surface area contributed by atoms with Gasteiger partial charge in [-0.2, -0.15) is 0 Å². The molecule has 0 aromatic rings. The molecule has 0 saturated carbocycles. The Labute approximate surface area is 225 Å². The Morgan fingerprint density at radius 3 is 0.676 bits per heavy atom. The second-order valence-electron chi connectivity index (χ2n) is 4.23. The summed E-state index contributed by atoms with van der Waals surface area (Å²) in [6.07, 6.45) is 0. The average Bonchev–Trinajstić information content (AvgIpc) is 2.90. The van der Waals surface area contributed by atoms with Crippen LogP contribution < -0.4 is 28.1 Å². The van der Waals surface area contributed by atoms with Crippen molar-refractivity contribution in [3.05, 3.63) is 26.3 Å². The van der Waals surface area contributed by atoms with E-state index in [1.807, 2.05) is 0 Å². The van der Waals surface area contributed by atoms with Gasteiger partial charge in [0.15, 0.2) is 0 Å². The monoisotopic (exact) mass is 601 g/mol. The fourth-order valence-corrected chi connectivity index (χ4v) is 1.32. The molecule has 0 amide bonds. The van der Waals surface area contributed by atoms with E-state index in [1.165, 1.54) is 0 Å². The van der Waals surface area contributed by atoms with Crippen LogP contribution in [0.5, 0.6) is 0 Å². The molecule has 0 aromatic heterocycles. The summed E-state index contributed by atoms with van der Waals surface area (Å²) in [4.78, 5) is 29.0. The molecule has 16 nitrogen and oxygen atoms in total. The van der Waals surface area contributed by atoms with Crippen molar-refractivity contribution in [2.45, 2.75) is 0 Å². The van der Waals surface area contributed by atoms with Crippen LogP contribution in [0.4, 0.5) is 0 Å². The number of nitroso groups, excluding NO2 is 4. The van der Waals surface area contributed by atoms with E-state index in [0.29, 0.717) is 79.3 Å². The van der Waals surface area contributed by atoms with Crippen LogP contribution in [-0.4, -0.2) is 91.6 Å². The molecule has 1 aliphatic rings. The quantitative estimate of drug-likeness (QED) is 0.137. The molecule has 0 aliphatic carbocycles. The molecule has 1 saturated heterocycles. The Kier molecular flexibility index (Phi) is 136.